The van der Waals surface area contributed by atoms with Gasteiger partial charge in [-0.25, -0.2) is 0 Å². The van der Waals surface area contributed by atoms with E-state index in [9.17, 15) is 0 Å². The van der Waals surface area contributed by atoms with E-state index in [0.29, 0.717) is 0 Å². The second-order valence-corrected chi connectivity index (χ2v) is 50.8. The molecule has 15 aromatic rings. The van der Waals surface area contributed by atoms with Gasteiger partial charge in [0.15, 0.2) is 0 Å². The summed E-state index contributed by atoms with van der Waals surface area (Å²) < 4.78 is 1.39. The van der Waals surface area contributed by atoms with Crippen molar-refractivity contribution in [3.05, 3.63) is 340 Å². The molecule has 7 heteroatoms. The minimum absolute atomic E-state index is 0.00509. The summed E-state index contributed by atoms with van der Waals surface area (Å²) in [6.07, 6.45) is 13.9. The molecule has 6 aliphatic heterocycles. The minimum Gasteiger partial charge on any atom is -0.335 e. The van der Waals surface area contributed by atoms with E-state index in [4.69, 9.17) is 0 Å². The molecule has 1 aromatic heterocycles. The van der Waals surface area contributed by atoms with Crippen molar-refractivity contribution in [2.45, 2.75) is 275 Å². The first kappa shape index (κ1) is 86.4. The van der Waals surface area contributed by atoms with E-state index in [1.807, 2.05) is 11.3 Å². The Kier molecular flexibility index (Phi) is 18.3. The molecule has 2 fully saturated rings. The fraction of sp³-hybridized carbons (Fsp3) is 0.328. The van der Waals surface area contributed by atoms with Crippen LogP contribution in [-0.4, -0.2) is 24.5 Å². The van der Waals surface area contributed by atoms with Crippen molar-refractivity contribution in [1.82, 2.24) is 0 Å². The van der Waals surface area contributed by atoms with E-state index in [1.165, 1.54) is 265 Å². The Hall–Kier alpha value is -11.9. The highest BCUT2D eigenvalue weighted by atomic mass is 32.1. The van der Waals surface area contributed by atoms with Gasteiger partial charge >= 0.3 is 0 Å². The fourth-order valence-corrected chi connectivity index (χ4v) is 30.4. The summed E-state index contributed by atoms with van der Waals surface area (Å²) in [5.74, 6) is 0. The predicted molar refractivity (Wildman–Crippen MR) is 593 cm³/mol. The van der Waals surface area contributed by atoms with Crippen molar-refractivity contribution in [2.24, 2.45) is 0 Å². The smallest absolute Gasteiger partial charge is 0.254 e. The molecule has 686 valence electrons. The highest BCUT2D eigenvalue weighted by Crippen LogP contribution is 2.69. The lowest BCUT2D eigenvalue weighted by Gasteiger charge is -2.53. The maximum absolute atomic E-state index is 2.97. The molecule has 0 saturated heterocycles. The van der Waals surface area contributed by atoms with Gasteiger partial charge in [-0.1, -0.05) is 357 Å². The molecule has 2 saturated carbocycles. The van der Waals surface area contributed by atoms with Gasteiger partial charge in [-0.2, -0.15) is 0 Å². The molecule has 4 unspecified atom stereocenters. The first-order chi connectivity index (χ1) is 65.9. The lowest BCUT2D eigenvalue weighted by atomic mass is 9.32. The van der Waals surface area contributed by atoms with E-state index in [2.05, 4.69) is 437 Å². The summed E-state index contributed by atoms with van der Waals surface area (Å²) in [6, 6.07) is 112. The molecule has 0 radical (unpaired) electrons. The molecule has 4 atom stereocenters. The maximum atomic E-state index is 2.97. The van der Waals surface area contributed by atoms with Crippen LogP contribution in [0.3, 0.4) is 0 Å². The van der Waals surface area contributed by atoms with E-state index < -0.39 is 5.41 Å². The van der Waals surface area contributed by atoms with Gasteiger partial charge < -0.3 is 19.6 Å². The topological polar surface area (TPSA) is 13.0 Å². The minimum atomic E-state index is -0.420. The summed E-state index contributed by atoms with van der Waals surface area (Å²) in [7, 11) is 0. The first-order valence-corrected chi connectivity index (χ1v) is 52.9. The van der Waals surface area contributed by atoms with Crippen LogP contribution in [0.1, 0.15) is 271 Å². The van der Waals surface area contributed by atoms with Crippen molar-refractivity contribution in [3.8, 4) is 77.9 Å². The van der Waals surface area contributed by atoms with Crippen LogP contribution in [-0.2, 0) is 48.7 Å². The second kappa shape index (κ2) is 29.2. The predicted octanol–water partition coefficient (Wildman–Crippen LogP) is 32.3. The number of fused-ring (bicyclic) bond motifs is 19. The Balaban J connectivity index is 0.663. The van der Waals surface area contributed by atoms with E-state index in [0.717, 1.165) is 44.9 Å². The largest absolute Gasteiger partial charge is 0.335 e. The Morgan fingerprint density at radius 1 is 0.275 bits per heavy atom. The van der Waals surface area contributed by atoms with Crippen LogP contribution in [0, 0.1) is 0 Å². The van der Waals surface area contributed by atoms with Crippen LogP contribution in [0.25, 0.3) is 93.4 Å². The van der Waals surface area contributed by atoms with Crippen molar-refractivity contribution in [2.75, 3.05) is 19.6 Å². The average Bonchev–Trinajstić information content (AvgIpc) is 1.48. The third-order valence-corrected chi connectivity index (χ3v) is 38.9. The number of hydrogen-bond acceptors (Lipinski definition) is 5. The lowest BCUT2D eigenvalue weighted by molar-refractivity contribution is 0.195. The first-order valence-electron chi connectivity index (χ1n) is 52.1. The molecule has 0 N–H and O–H groups in total. The standard InChI is InChI=1S/C131H130B2N4S/c1-121(2,3)91-53-55-106(93(73-91)85-41-29-23-30-42-85)134-108-69-89(80-39-27-22-28-40-80)71-110-115(108)132(113-95-75-98-100(77-97(95)127(15,16)119(113)134)125(11,12)63-61-123(98,7)8)104-68-88(66-103-117(104)136(110)130(19)59-35-34-58-129(103,130)18)83-49-45-81(46-50-83)82-47-51-84(52-48-82)90-70-109-116-111(72-90)137-118-102(128(17)57-33-36-60-131(128,137)20)65-87(79-37-25-21-26-38-79)67-105(118)133(116)114-96-76-99-101(126(13,14)64-62-124(99,9)10)78-112(96)138-120(114)135(109)107-56-54-92(122(4,5)6)74-94(107)86-43-31-24-32-44-86/h21-32,37-56,65-78H,33-36,57-64H2,1-20H3. The van der Waals surface area contributed by atoms with Crippen LogP contribution in [0.4, 0.5) is 50.5 Å². The Morgan fingerprint density at radius 2 is 0.638 bits per heavy atom. The fourth-order valence-electron chi connectivity index (χ4n) is 29.1. The third-order valence-electron chi connectivity index (χ3n) is 37.7. The van der Waals surface area contributed by atoms with Crippen molar-refractivity contribution >= 4 is 118 Å². The molecule has 7 heterocycles. The molecular weight excluding hydrogens is 1680 g/mol. The van der Waals surface area contributed by atoms with Crippen molar-refractivity contribution in [3.63, 3.8) is 0 Å². The molecule has 11 aliphatic rings. The number of allylic oxidation sites excluding steroid dienone is 1. The summed E-state index contributed by atoms with van der Waals surface area (Å²) >= 11 is 2.04. The number of benzene rings is 14. The Bertz CT molecular complexity index is 7760. The monoisotopic (exact) mass is 1810 g/mol. The normalized spacial score (nSPS) is 22.3. The summed E-state index contributed by atoms with van der Waals surface area (Å²) in [6.45, 7) is 50.2. The third kappa shape index (κ3) is 12.0. The van der Waals surface area contributed by atoms with Gasteiger partial charge in [0.2, 0.25) is 0 Å². The molecule has 26 rings (SSSR count). The van der Waals surface area contributed by atoms with Gasteiger partial charge in [0.05, 0.1) is 27.5 Å². The van der Waals surface area contributed by atoms with Gasteiger partial charge in [0.1, 0.15) is 0 Å². The molecule has 138 heavy (non-hydrogen) atoms. The molecule has 14 aromatic carbocycles. The number of hydrogen-bond donors (Lipinski definition) is 0. The molecule has 0 bridgehead atoms. The van der Waals surface area contributed by atoms with Gasteiger partial charge in [-0.3, -0.25) is 0 Å². The zero-order valence-corrected chi connectivity index (χ0v) is 85.7. The number of nitrogens with zero attached hydrogens (tertiary/aromatic N) is 4. The highest BCUT2D eigenvalue weighted by molar-refractivity contribution is 7.26. The molecule has 5 aliphatic carbocycles. The average molecular weight is 1810 g/mol. The number of anilines is 9. The number of thiophene rings is 1. The Morgan fingerprint density at radius 3 is 1.09 bits per heavy atom. The van der Waals surface area contributed by atoms with Gasteiger partial charge in [-0.05, 0) is 331 Å². The quantitative estimate of drug-likeness (QED) is 0.134. The zero-order valence-electron chi connectivity index (χ0n) is 84.9. The Labute approximate surface area is 825 Å². The summed E-state index contributed by atoms with van der Waals surface area (Å²) in [5, 5.41) is 2.75. The van der Waals surface area contributed by atoms with Crippen LogP contribution < -0.4 is 46.9 Å². The van der Waals surface area contributed by atoms with Gasteiger partial charge in [0.25, 0.3) is 13.4 Å². The van der Waals surface area contributed by atoms with Gasteiger partial charge in [0, 0.05) is 71.9 Å². The van der Waals surface area contributed by atoms with E-state index in [-0.39, 0.29) is 67.8 Å². The van der Waals surface area contributed by atoms with Crippen LogP contribution in [0.15, 0.2) is 285 Å². The zero-order chi connectivity index (χ0) is 94.9. The van der Waals surface area contributed by atoms with Gasteiger partial charge in [-0.15, -0.1) is 11.3 Å². The summed E-state index contributed by atoms with van der Waals surface area (Å²) in [4.78, 5) is 11.6. The SMILES string of the molecule is CC(C)(C)c1ccc(N2C3=C(B4c5cc(-c6ccc(-c7ccc(-c8cc9c%10c(c8)N8c%11c(cc(-c%12ccccc%12)cc%11C%11(C)CCCCC8%11C)B%10c8c(sc%10cc%11c(cc8%10)C(C)(C)CCC%11(C)C)N9c8ccc(C(C)(C)C)cc8-c8ccccc8)cc7)cc6)cc6c5N(c5cc(-c7ccccc7)cc2c54)C2(C)CCCCC62C)c2cc4c(cc2C3(C)C)C(C)(C)CCC4(C)C)c(-c2ccccc2)c1. The lowest BCUT2D eigenvalue weighted by Crippen LogP contribution is -2.64. The summed E-state index contributed by atoms with van der Waals surface area (Å²) in [5.41, 5.74) is 51.9. The molecule has 0 spiro atoms. The van der Waals surface area contributed by atoms with E-state index in [1.54, 1.807) is 0 Å². The number of rotatable bonds is 9. The molecular formula is C131H130B2N4S. The van der Waals surface area contributed by atoms with Crippen LogP contribution in [0.2, 0.25) is 0 Å². The van der Waals surface area contributed by atoms with Crippen LogP contribution in [0.5, 0.6) is 0 Å². The maximum Gasteiger partial charge on any atom is 0.254 e. The molecule has 4 nitrogen and oxygen atoms in total. The van der Waals surface area contributed by atoms with E-state index >= 15 is 0 Å². The van der Waals surface area contributed by atoms with Crippen molar-refractivity contribution in [1.29, 1.82) is 0 Å². The second-order valence-electron chi connectivity index (χ2n) is 49.8. The highest BCUT2D eigenvalue weighted by Gasteiger charge is 2.66. The van der Waals surface area contributed by atoms with Crippen molar-refractivity contribution < 1.29 is 0 Å². The molecule has 0 amide bonds. The van der Waals surface area contributed by atoms with Crippen LogP contribution >= 0.6 is 11.3 Å².